The highest BCUT2D eigenvalue weighted by molar-refractivity contribution is 5.39. The monoisotopic (exact) mass is 305 g/mol. The van der Waals surface area contributed by atoms with Crippen LogP contribution in [0.3, 0.4) is 0 Å². The smallest absolute Gasteiger partial charge is 0.132 e. The minimum absolute atomic E-state index is 0.551. The molecule has 2 aliphatic rings. The molecular weight excluding hydrogens is 278 g/mol. The van der Waals surface area contributed by atoms with E-state index in [9.17, 15) is 5.11 Å². The number of β-amino-alcohol motifs (C(OH)–C–C–N with tert-alkyl or cyclic N) is 1. The molecule has 2 saturated heterocycles. The third-order valence-electron chi connectivity index (χ3n) is 4.74. The van der Waals surface area contributed by atoms with Gasteiger partial charge in [0.25, 0.3) is 0 Å². The van der Waals surface area contributed by atoms with Crippen LogP contribution in [0, 0.1) is 0 Å². The summed E-state index contributed by atoms with van der Waals surface area (Å²) in [4.78, 5) is 13.4. The van der Waals surface area contributed by atoms with Crippen LogP contribution in [0.25, 0.3) is 0 Å². The van der Waals surface area contributed by atoms with Crippen molar-refractivity contribution in [3.05, 3.63) is 18.1 Å². The number of piperazine rings is 1. The van der Waals surface area contributed by atoms with Gasteiger partial charge in [0.15, 0.2) is 0 Å². The van der Waals surface area contributed by atoms with Gasteiger partial charge in [-0.3, -0.25) is 4.90 Å². The van der Waals surface area contributed by atoms with Crippen molar-refractivity contribution in [2.45, 2.75) is 31.8 Å². The molecule has 1 aromatic heterocycles. The molecule has 0 saturated carbocycles. The molecule has 3 rings (SSSR count). The highest BCUT2D eigenvalue weighted by atomic mass is 16.3. The average Bonchev–Trinajstić information content (AvgIpc) is 2.56. The fourth-order valence-corrected chi connectivity index (χ4v) is 3.39. The first kappa shape index (κ1) is 15.6. The van der Waals surface area contributed by atoms with Crippen LogP contribution in [0.1, 0.15) is 25.5 Å². The molecule has 0 aliphatic carbocycles. The normalized spacial score (nSPS) is 27.1. The maximum atomic E-state index is 10.6. The highest BCUT2D eigenvalue weighted by Crippen LogP contribution is 2.20. The molecule has 122 valence electrons. The van der Waals surface area contributed by atoms with Gasteiger partial charge in [0.05, 0.1) is 5.60 Å². The Morgan fingerprint density at radius 2 is 2.09 bits per heavy atom. The second-order valence-corrected chi connectivity index (χ2v) is 6.49. The lowest BCUT2D eigenvalue weighted by Crippen LogP contribution is -2.56. The largest absolute Gasteiger partial charge is 0.387 e. The third kappa shape index (κ3) is 3.74. The molecule has 6 nitrogen and oxygen atoms in total. The molecule has 0 amide bonds. The van der Waals surface area contributed by atoms with E-state index in [2.05, 4.69) is 38.1 Å². The molecular formula is C16H27N5O. The van der Waals surface area contributed by atoms with Crippen LogP contribution in [0.5, 0.6) is 0 Å². The van der Waals surface area contributed by atoms with E-state index in [1.54, 1.807) is 6.33 Å². The van der Waals surface area contributed by atoms with E-state index >= 15 is 0 Å². The Morgan fingerprint density at radius 3 is 2.77 bits per heavy atom. The number of piperidine rings is 1. The van der Waals surface area contributed by atoms with Crippen LogP contribution in [0.15, 0.2) is 12.4 Å². The van der Waals surface area contributed by atoms with Gasteiger partial charge in [0, 0.05) is 51.0 Å². The number of aromatic nitrogens is 2. The number of rotatable bonds is 4. The second kappa shape index (κ2) is 6.89. The molecule has 1 atom stereocenters. The standard InChI is InChI=1S/C16H27N5O/c1-2-14-10-15(19-13-18-14)21-8-6-20(7-9-21)12-16(22)4-3-5-17-11-16/h10,13,17,22H,2-9,11-12H2,1H3/t16-/m1/s1. The van der Waals surface area contributed by atoms with Gasteiger partial charge in [-0.1, -0.05) is 6.92 Å². The van der Waals surface area contributed by atoms with Gasteiger partial charge in [0.2, 0.25) is 0 Å². The molecule has 0 aromatic carbocycles. The molecule has 2 fully saturated rings. The van der Waals surface area contributed by atoms with E-state index in [4.69, 9.17) is 0 Å². The highest BCUT2D eigenvalue weighted by Gasteiger charge is 2.32. The molecule has 0 unspecified atom stereocenters. The lowest BCUT2D eigenvalue weighted by molar-refractivity contribution is -0.0164. The maximum absolute atomic E-state index is 10.6. The molecule has 0 radical (unpaired) electrons. The van der Waals surface area contributed by atoms with Crippen molar-refractivity contribution < 1.29 is 5.11 Å². The molecule has 0 bridgehead atoms. The molecule has 0 spiro atoms. The van der Waals surface area contributed by atoms with Gasteiger partial charge >= 0.3 is 0 Å². The van der Waals surface area contributed by atoms with E-state index in [0.717, 1.165) is 76.6 Å². The molecule has 6 heteroatoms. The van der Waals surface area contributed by atoms with Crippen LogP contribution >= 0.6 is 0 Å². The predicted molar refractivity (Wildman–Crippen MR) is 87.1 cm³/mol. The Balaban J connectivity index is 1.53. The SMILES string of the molecule is CCc1cc(N2CCN(C[C@@]3(O)CCCNC3)CC2)ncn1. The van der Waals surface area contributed by atoms with Gasteiger partial charge in [-0.2, -0.15) is 0 Å². The number of nitrogens with one attached hydrogen (secondary N) is 1. The Kier molecular flexibility index (Phi) is 4.90. The summed E-state index contributed by atoms with van der Waals surface area (Å²) in [6, 6.07) is 2.09. The zero-order valence-electron chi connectivity index (χ0n) is 13.5. The minimum atomic E-state index is -0.551. The van der Waals surface area contributed by atoms with E-state index in [1.165, 1.54) is 0 Å². The Labute approximate surface area is 132 Å². The molecule has 2 N–H and O–H groups in total. The van der Waals surface area contributed by atoms with Crippen LogP contribution in [0.4, 0.5) is 5.82 Å². The van der Waals surface area contributed by atoms with Crippen molar-refractivity contribution in [2.24, 2.45) is 0 Å². The number of anilines is 1. The Morgan fingerprint density at radius 1 is 1.27 bits per heavy atom. The van der Waals surface area contributed by atoms with Gasteiger partial charge in [0.1, 0.15) is 12.1 Å². The first-order chi connectivity index (χ1) is 10.7. The molecule has 3 heterocycles. The van der Waals surface area contributed by atoms with Crippen molar-refractivity contribution in [1.82, 2.24) is 20.2 Å². The average molecular weight is 305 g/mol. The van der Waals surface area contributed by atoms with E-state index in [0.29, 0.717) is 0 Å². The van der Waals surface area contributed by atoms with Gasteiger partial charge in [-0.05, 0) is 25.8 Å². The van der Waals surface area contributed by atoms with E-state index in [-0.39, 0.29) is 0 Å². The van der Waals surface area contributed by atoms with Crippen LogP contribution in [-0.2, 0) is 6.42 Å². The lowest BCUT2D eigenvalue weighted by atomic mass is 9.93. The molecule has 22 heavy (non-hydrogen) atoms. The maximum Gasteiger partial charge on any atom is 0.132 e. The van der Waals surface area contributed by atoms with E-state index < -0.39 is 5.60 Å². The number of hydrogen-bond acceptors (Lipinski definition) is 6. The lowest BCUT2D eigenvalue weighted by Gasteiger charge is -2.41. The van der Waals surface area contributed by atoms with Gasteiger partial charge < -0.3 is 15.3 Å². The van der Waals surface area contributed by atoms with Crippen molar-refractivity contribution in [3.8, 4) is 0 Å². The van der Waals surface area contributed by atoms with Gasteiger partial charge in [-0.25, -0.2) is 9.97 Å². The van der Waals surface area contributed by atoms with Crippen LogP contribution < -0.4 is 10.2 Å². The minimum Gasteiger partial charge on any atom is -0.387 e. The summed E-state index contributed by atoms with van der Waals surface area (Å²) in [5, 5.41) is 13.9. The molecule has 2 aliphatic heterocycles. The Bertz CT molecular complexity index is 481. The summed E-state index contributed by atoms with van der Waals surface area (Å²) in [7, 11) is 0. The zero-order valence-corrected chi connectivity index (χ0v) is 13.5. The number of nitrogens with zero attached hydrogens (tertiary/aromatic N) is 4. The summed E-state index contributed by atoms with van der Waals surface area (Å²) in [5.41, 5.74) is 0.542. The second-order valence-electron chi connectivity index (χ2n) is 6.49. The van der Waals surface area contributed by atoms with Crippen LogP contribution in [-0.4, -0.2) is 71.4 Å². The van der Waals surface area contributed by atoms with Crippen molar-refractivity contribution in [3.63, 3.8) is 0 Å². The zero-order chi connectivity index (χ0) is 15.4. The summed E-state index contributed by atoms with van der Waals surface area (Å²) in [6.45, 7) is 8.53. The van der Waals surface area contributed by atoms with E-state index in [1.807, 2.05) is 0 Å². The summed E-state index contributed by atoms with van der Waals surface area (Å²) in [5.74, 6) is 1.03. The number of aliphatic hydroxyl groups is 1. The summed E-state index contributed by atoms with van der Waals surface area (Å²) in [6.07, 6.45) is 4.58. The Hall–Kier alpha value is -1.24. The first-order valence-electron chi connectivity index (χ1n) is 8.40. The predicted octanol–water partition coefficient (Wildman–Crippen LogP) is 0.276. The fraction of sp³-hybridized carbons (Fsp3) is 0.750. The fourth-order valence-electron chi connectivity index (χ4n) is 3.39. The van der Waals surface area contributed by atoms with Crippen molar-refractivity contribution in [1.29, 1.82) is 0 Å². The van der Waals surface area contributed by atoms with Crippen LogP contribution in [0.2, 0.25) is 0 Å². The first-order valence-corrected chi connectivity index (χ1v) is 8.40. The van der Waals surface area contributed by atoms with Crippen molar-refractivity contribution in [2.75, 3.05) is 50.7 Å². The molecule has 1 aromatic rings. The topological polar surface area (TPSA) is 64.5 Å². The van der Waals surface area contributed by atoms with Gasteiger partial charge in [-0.15, -0.1) is 0 Å². The summed E-state index contributed by atoms with van der Waals surface area (Å²) >= 11 is 0. The van der Waals surface area contributed by atoms with Crippen molar-refractivity contribution >= 4 is 5.82 Å². The number of aryl methyl sites for hydroxylation is 1. The number of hydrogen-bond donors (Lipinski definition) is 2. The quantitative estimate of drug-likeness (QED) is 0.833. The summed E-state index contributed by atoms with van der Waals surface area (Å²) < 4.78 is 0. The third-order valence-corrected chi connectivity index (χ3v) is 4.74.